The van der Waals surface area contributed by atoms with Crippen LogP contribution >= 0.6 is 0 Å². The molecule has 0 unspecified atom stereocenters. The summed E-state index contributed by atoms with van der Waals surface area (Å²) < 4.78 is 10.9. The highest BCUT2D eigenvalue weighted by molar-refractivity contribution is 5.90. The zero-order valence-electron chi connectivity index (χ0n) is 13.2. The first-order valence-electron chi connectivity index (χ1n) is 7.88. The van der Waals surface area contributed by atoms with Crippen LogP contribution in [0, 0.1) is 0 Å². The molecule has 0 aliphatic rings. The van der Waals surface area contributed by atoms with Crippen molar-refractivity contribution in [3.05, 3.63) is 23.8 Å². The molecule has 0 bridgehead atoms. The number of unbranched alkanes of at least 4 members (excludes halogenated alkanes) is 4. The third kappa shape index (κ3) is 6.52. The summed E-state index contributed by atoms with van der Waals surface area (Å²) >= 11 is 0. The Morgan fingerprint density at radius 1 is 1.05 bits per heavy atom. The number of benzene rings is 1. The minimum atomic E-state index is -0.315. The molecule has 0 saturated carbocycles. The molecular weight excluding hydrogens is 266 g/mol. The molecule has 1 aromatic rings. The molecule has 118 valence electrons. The van der Waals surface area contributed by atoms with Crippen molar-refractivity contribution in [1.29, 1.82) is 0 Å². The van der Waals surface area contributed by atoms with Crippen LogP contribution in [0.5, 0.6) is 5.75 Å². The molecule has 2 N–H and O–H groups in total. The van der Waals surface area contributed by atoms with Gasteiger partial charge in [0, 0.05) is 0 Å². The van der Waals surface area contributed by atoms with Crippen LogP contribution in [0.4, 0.5) is 5.69 Å². The average Bonchev–Trinajstić information content (AvgIpc) is 2.49. The van der Waals surface area contributed by atoms with Gasteiger partial charge in [0.1, 0.15) is 5.75 Å². The first-order valence-corrected chi connectivity index (χ1v) is 7.88. The van der Waals surface area contributed by atoms with Crippen LogP contribution in [-0.4, -0.2) is 19.2 Å². The van der Waals surface area contributed by atoms with Gasteiger partial charge < -0.3 is 15.2 Å². The predicted octanol–water partition coefficient (Wildman–Crippen LogP) is 4.18. The number of rotatable bonds is 10. The summed E-state index contributed by atoms with van der Waals surface area (Å²) in [5.41, 5.74) is 6.91. The van der Waals surface area contributed by atoms with E-state index in [1.54, 1.807) is 18.2 Å². The van der Waals surface area contributed by atoms with Gasteiger partial charge in [-0.2, -0.15) is 0 Å². The molecule has 0 amide bonds. The molecule has 0 saturated heterocycles. The molecule has 0 spiro atoms. The third-order valence-corrected chi connectivity index (χ3v) is 3.24. The first kappa shape index (κ1) is 17.3. The van der Waals surface area contributed by atoms with E-state index in [4.69, 9.17) is 15.2 Å². The third-order valence-electron chi connectivity index (χ3n) is 3.24. The summed E-state index contributed by atoms with van der Waals surface area (Å²) in [5.74, 6) is 0.249. The summed E-state index contributed by atoms with van der Waals surface area (Å²) in [6.07, 6.45) is 6.33. The van der Waals surface area contributed by atoms with E-state index in [-0.39, 0.29) is 5.97 Å². The van der Waals surface area contributed by atoms with Gasteiger partial charge in [0.05, 0.1) is 24.5 Å². The van der Waals surface area contributed by atoms with Gasteiger partial charge in [0.2, 0.25) is 0 Å². The van der Waals surface area contributed by atoms with Gasteiger partial charge in [0.25, 0.3) is 0 Å². The predicted molar refractivity (Wildman–Crippen MR) is 85.7 cm³/mol. The van der Waals surface area contributed by atoms with E-state index in [9.17, 15) is 4.79 Å². The van der Waals surface area contributed by atoms with Gasteiger partial charge in [-0.05, 0) is 31.0 Å². The van der Waals surface area contributed by atoms with Crippen molar-refractivity contribution < 1.29 is 14.3 Å². The zero-order valence-corrected chi connectivity index (χ0v) is 13.2. The quantitative estimate of drug-likeness (QED) is 0.399. The lowest BCUT2D eigenvalue weighted by molar-refractivity contribution is 0.0497. The van der Waals surface area contributed by atoms with E-state index < -0.39 is 0 Å². The van der Waals surface area contributed by atoms with Crippen molar-refractivity contribution in [2.24, 2.45) is 0 Å². The molecule has 1 aromatic carbocycles. The first-order chi connectivity index (χ1) is 10.2. The van der Waals surface area contributed by atoms with Crippen molar-refractivity contribution in [2.75, 3.05) is 18.9 Å². The van der Waals surface area contributed by atoms with Crippen LogP contribution in [0.15, 0.2) is 18.2 Å². The Morgan fingerprint density at radius 2 is 1.71 bits per heavy atom. The van der Waals surface area contributed by atoms with Gasteiger partial charge in [0.15, 0.2) is 0 Å². The van der Waals surface area contributed by atoms with Gasteiger partial charge in [-0.3, -0.25) is 0 Å². The summed E-state index contributed by atoms with van der Waals surface area (Å²) in [4.78, 5) is 11.9. The van der Waals surface area contributed by atoms with E-state index in [2.05, 4.69) is 13.8 Å². The fourth-order valence-electron chi connectivity index (χ4n) is 1.92. The number of ether oxygens (including phenoxy) is 2. The van der Waals surface area contributed by atoms with Crippen LogP contribution in [-0.2, 0) is 4.74 Å². The fourth-order valence-corrected chi connectivity index (χ4v) is 1.92. The Bertz CT molecular complexity index is 432. The van der Waals surface area contributed by atoms with Crippen LogP contribution in [0.3, 0.4) is 0 Å². The fraction of sp³-hybridized carbons (Fsp3) is 0.588. The van der Waals surface area contributed by atoms with E-state index in [1.165, 1.54) is 0 Å². The number of nitrogens with two attached hydrogens (primary N) is 1. The molecule has 4 nitrogen and oxygen atoms in total. The van der Waals surface area contributed by atoms with Crippen LogP contribution in [0.25, 0.3) is 0 Å². The SMILES string of the molecule is CCCCCOC(=O)c1ccc(N)c(OCCCCC)c1. The summed E-state index contributed by atoms with van der Waals surface area (Å²) in [7, 11) is 0. The van der Waals surface area contributed by atoms with Crippen molar-refractivity contribution >= 4 is 11.7 Å². The molecule has 4 heteroatoms. The second-order valence-electron chi connectivity index (χ2n) is 5.15. The molecular formula is C17H27NO3. The highest BCUT2D eigenvalue weighted by Gasteiger charge is 2.10. The van der Waals surface area contributed by atoms with E-state index in [1.807, 2.05) is 0 Å². The minimum absolute atomic E-state index is 0.315. The maximum absolute atomic E-state index is 11.9. The topological polar surface area (TPSA) is 61.5 Å². The standard InChI is InChI=1S/C17H27NO3/c1-3-5-7-11-20-16-13-14(9-10-15(16)18)17(19)21-12-8-6-4-2/h9-10,13H,3-8,11-12,18H2,1-2H3. The number of carbonyl (C=O) groups is 1. The highest BCUT2D eigenvalue weighted by atomic mass is 16.5. The molecule has 0 aliphatic heterocycles. The lowest BCUT2D eigenvalue weighted by atomic mass is 10.2. The van der Waals surface area contributed by atoms with Crippen LogP contribution in [0.1, 0.15) is 62.7 Å². The zero-order chi connectivity index (χ0) is 15.5. The number of nitrogen functional groups attached to an aromatic ring is 1. The van der Waals surface area contributed by atoms with Gasteiger partial charge in [-0.25, -0.2) is 4.79 Å². The smallest absolute Gasteiger partial charge is 0.338 e. The second-order valence-corrected chi connectivity index (χ2v) is 5.15. The van der Waals surface area contributed by atoms with Crippen molar-refractivity contribution in [1.82, 2.24) is 0 Å². The molecule has 0 heterocycles. The van der Waals surface area contributed by atoms with Gasteiger partial charge in [-0.1, -0.05) is 39.5 Å². The average molecular weight is 293 g/mol. The number of esters is 1. The van der Waals surface area contributed by atoms with Gasteiger partial charge in [-0.15, -0.1) is 0 Å². The van der Waals surface area contributed by atoms with E-state index >= 15 is 0 Å². The van der Waals surface area contributed by atoms with E-state index in [0.717, 1.165) is 38.5 Å². The molecule has 1 rings (SSSR count). The Morgan fingerprint density at radius 3 is 2.38 bits per heavy atom. The lowest BCUT2D eigenvalue weighted by Gasteiger charge is -2.10. The number of hydrogen-bond acceptors (Lipinski definition) is 4. The largest absolute Gasteiger partial charge is 0.491 e. The molecule has 0 radical (unpaired) electrons. The molecule has 0 aliphatic carbocycles. The Labute approximate surface area is 127 Å². The monoisotopic (exact) mass is 293 g/mol. The molecule has 0 atom stereocenters. The molecule has 0 fully saturated rings. The van der Waals surface area contributed by atoms with Gasteiger partial charge >= 0.3 is 5.97 Å². The molecule has 21 heavy (non-hydrogen) atoms. The molecule has 0 aromatic heterocycles. The maximum atomic E-state index is 11.9. The summed E-state index contributed by atoms with van der Waals surface area (Å²) in [6, 6.07) is 5.04. The van der Waals surface area contributed by atoms with Crippen molar-refractivity contribution in [3.63, 3.8) is 0 Å². The number of anilines is 1. The Balaban J connectivity index is 2.52. The number of carbonyl (C=O) groups excluding carboxylic acids is 1. The van der Waals surface area contributed by atoms with Crippen LogP contribution < -0.4 is 10.5 Å². The second kappa shape index (κ2) is 10.1. The Kier molecular flexibility index (Phi) is 8.32. The van der Waals surface area contributed by atoms with Crippen molar-refractivity contribution in [3.8, 4) is 5.75 Å². The Hall–Kier alpha value is -1.71. The number of hydrogen-bond donors (Lipinski definition) is 1. The van der Waals surface area contributed by atoms with Crippen LogP contribution in [0.2, 0.25) is 0 Å². The normalized spacial score (nSPS) is 10.4. The van der Waals surface area contributed by atoms with Crippen molar-refractivity contribution in [2.45, 2.75) is 52.4 Å². The maximum Gasteiger partial charge on any atom is 0.338 e. The summed E-state index contributed by atoms with van der Waals surface area (Å²) in [5, 5.41) is 0. The van der Waals surface area contributed by atoms with E-state index in [0.29, 0.717) is 30.2 Å². The summed E-state index contributed by atoms with van der Waals surface area (Å²) in [6.45, 7) is 5.34. The minimum Gasteiger partial charge on any atom is -0.491 e. The lowest BCUT2D eigenvalue weighted by Crippen LogP contribution is -2.08. The highest BCUT2D eigenvalue weighted by Crippen LogP contribution is 2.23.